The molecule has 1 N–H and O–H groups in total. The molecule has 4 heterocycles. The van der Waals surface area contributed by atoms with Crippen LogP contribution in [0.3, 0.4) is 0 Å². The van der Waals surface area contributed by atoms with Crippen LogP contribution in [0.4, 0.5) is 19.3 Å². The highest BCUT2D eigenvalue weighted by Crippen LogP contribution is 2.51. The Morgan fingerprint density at radius 1 is 0.961 bits per heavy atom. The van der Waals surface area contributed by atoms with Crippen LogP contribution in [-0.4, -0.2) is 114 Å². The van der Waals surface area contributed by atoms with Crippen molar-refractivity contribution in [2.75, 3.05) is 83.3 Å². The van der Waals surface area contributed by atoms with Gasteiger partial charge in [0.25, 0.3) is 0 Å². The van der Waals surface area contributed by atoms with E-state index in [1.54, 1.807) is 30.3 Å². The molecule has 4 saturated heterocycles. The first kappa shape index (κ1) is 36.6. The molecule has 1 saturated carbocycles. The van der Waals surface area contributed by atoms with E-state index in [2.05, 4.69) is 21.2 Å². The number of carbonyl (C=O) groups is 1. The normalized spacial score (nSPS) is 26.2. The van der Waals surface area contributed by atoms with E-state index in [4.69, 9.17) is 9.47 Å². The quantitative estimate of drug-likeness (QED) is 0.310. The molecule has 0 unspecified atom stereocenters. The van der Waals surface area contributed by atoms with Crippen molar-refractivity contribution in [2.24, 2.45) is 17.8 Å². The second-order valence-corrected chi connectivity index (χ2v) is 17.9. The SMILES string of the molecule is COC(=O)N[C@H]1CCC[C@@H]1[C@](CN1CCC1)(c1cccc(F)c1)C1CCN(CC2(F)CN(c3ccc(S(=O)(=O)CC4CCOCC4)cc3)C2)CC1. The van der Waals surface area contributed by atoms with E-state index in [1.807, 2.05) is 11.0 Å². The lowest BCUT2D eigenvalue weighted by Gasteiger charge is -2.54. The van der Waals surface area contributed by atoms with Gasteiger partial charge in [-0.05, 0) is 131 Å². The van der Waals surface area contributed by atoms with Crippen LogP contribution in [-0.2, 0) is 24.7 Å². The minimum absolute atomic E-state index is 0.0590. The molecule has 0 bridgehead atoms. The predicted molar refractivity (Wildman–Crippen MR) is 193 cm³/mol. The summed E-state index contributed by atoms with van der Waals surface area (Å²) < 4.78 is 67.6. The van der Waals surface area contributed by atoms with Gasteiger partial charge in [-0.1, -0.05) is 18.6 Å². The highest BCUT2D eigenvalue weighted by molar-refractivity contribution is 7.91. The fraction of sp³-hybridized carbons (Fsp3) is 0.667. The molecule has 12 heteroatoms. The number of methoxy groups -OCH3 is 1. The Kier molecular flexibility index (Phi) is 11.0. The van der Waals surface area contributed by atoms with Crippen molar-refractivity contribution < 1.29 is 31.5 Å². The highest BCUT2D eigenvalue weighted by atomic mass is 32.2. The topological polar surface area (TPSA) is 91.4 Å². The van der Waals surface area contributed by atoms with Crippen molar-refractivity contribution in [3.63, 3.8) is 0 Å². The second kappa shape index (κ2) is 15.3. The highest BCUT2D eigenvalue weighted by Gasteiger charge is 2.54. The summed E-state index contributed by atoms with van der Waals surface area (Å²) in [4.78, 5) is 19.5. The lowest BCUT2D eigenvalue weighted by atomic mass is 9.57. The number of alkyl halides is 1. The van der Waals surface area contributed by atoms with Gasteiger partial charge in [-0.2, -0.15) is 0 Å². The average Bonchev–Trinajstić information content (AvgIpc) is 3.56. The van der Waals surface area contributed by atoms with E-state index < -0.39 is 21.6 Å². The standard InChI is InChI=1S/C39H54F2N4O5S/c1-49-37(46)42-36-8-3-7-35(36)39(28-43-17-4-18-43,31-5-2-6-32(40)23-31)30-13-19-44(20-14-30)25-38(41)26-45(27-38)33-9-11-34(12-10-33)51(47,48)24-29-15-21-50-22-16-29/h2,5-6,9-12,23,29-30,35-36H,3-4,7-8,13-22,24-28H2,1H3,(H,42,46)/t35-,36-,39-/m0/s1. The van der Waals surface area contributed by atoms with Gasteiger partial charge in [0, 0.05) is 43.4 Å². The molecule has 0 aromatic heterocycles. The minimum atomic E-state index is -3.39. The molecular weight excluding hydrogens is 675 g/mol. The third kappa shape index (κ3) is 7.94. The van der Waals surface area contributed by atoms with Gasteiger partial charge in [0.2, 0.25) is 0 Å². The van der Waals surface area contributed by atoms with Crippen LogP contribution >= 0.6 is 0 Å². The average molecular weight is 729 g/mol. The number of sulfone groups is 1. The number of hydrogen-bond donors (Lipinski definition) is 1. The number of ether oxygens (including phenoxy) is 2. The van der Waals surface area contributed by atoms with Gasteiger partial charge in [-0.25, -0.2) is 22.0 Å². The Balaban J connectivity index is 1.01. The van der Waals surface area contributed by atoms with Gasteiger partial charge < -0.3 is 24.6 Å². The molecular formula is C39H54F2N4O5S. The maximum atomic E-state index is 16.2. The summed E-state index contributed by atoms with van der Waals surface area (Å²) in [5, 5.41) is 3.14. The van der Waals surface area contributed by atoms with Gasteiger partial charge in [-0.15, -0.1) is 0 Å². The number of rotatable bonds is 12. The van der Waals surface area contributed by atoms with Crippen LogP contribution in [0.1, 0.15) is 56.9 Å². The third-order valence-corrected chi connectivity index (χ3v) is 14.5. The smallest absolute Gasteiger partial charge is 0.407 e. The Morgan fingerprint density at radius 2 is 1.69 bits per heavy atom. The molecule has 5 fully saturated rings. The van der Waals surface area contributed by atoms with E-state index in [1.165, 1.54) is 13.2 Å². The largest absolute Gasteiger partial charge is 0.453 e. The van der Waals surface area contributed by atoms with Crippen LogP contribution in [0, 0.1) is 23.6 Å². The van der Waals surface area contributed by atoms with Crippen molar-refractivity contribution in [1.29, 1.82) is 0 Å². The number of benzene rings is 2. The molecule has 0 spiro atoms. The number of likely N-dealkylation sites (tertiary alicyclic amines) is 2. The monoisotopic (exact) mass is 728 g/mol. The van der Waals surface area contributed by atoms with E-state index in [0.717, 1.165) is 95.3 Å². The Hall–Kier alpha value is -2.80. The third-order valence-electron chi connectivity index (χ3n) is 12.6. The number of hydrogen-bond acceptors (Lipinski definition) is 8. The first-order valence-electron chi connectivity index (χ1n) is 19.0. The molecule has 51 heavy (non-hydrogen) atoms. The summed E-state index contributed by atoms with van der Waals surface area (Å²) in [6.07, 6.45) is 6.81. The fourth-order valence-electron chi connectivity index (χ4n) is 9.85. The predicted octanol–water partition coefficient (Wildman–Crippen LogP) is 5.43. The lowest BCUT2D eigenvalue weighted by Crippen LogP contribution is -2.65. The first-order valence-corrected chi connectivity index (χ1v) is 20.6. The summed E-state index contributed by atoms with van der Waals surface area (Å²) in [6.45, 7) is 6.50. The molecule has 2 aromatic rings. The van der Waals surface area contributed by atoms with Gasteiger partial charge in [-0.3, -0.25) is 4.90 Å². The fourth-order valence-corrected chi connectivity index (χ4v) is 11.5. The Bertz CT molecular complexity index is 1610. The molecule has 3 atom stereocenters. The van der Waals surface area contributed by atoms with Crippen LogP contribution in [0.5, 0.6) is 0 Å². The van der Waals surface area contributed by atoms with E-state index in [-0.39, 0.29) is 53.9 Å². The zero-order chi connectivity index (χ0) is 35.6. The summed E-state index contributed by atoms with van der Waals surface area (Å²) >= 11 is 0. The summed E-state index contributed by atoms with van der Waals surface area (Å²) in [5.41, 5.74) is 0.140. The zero-order valence-corrected chi connectivity index (χ0v) is 30.7. The lowest BCUT2D eigenvalue weighted by molar-refractivity contribution is 0.00584. The van der Waals surface area contributed by atoms with E-state index in [0.29, 0.717) is 24.7 Å². The molecule has 280 valence electrons. The Morgan fingerprint density at radius 3 is 2.33 bits per heavy atom. The number of halogens is 2. The number of anilines is 1. The first-order chi connectivity index (χ1) is 24.6. The van der Waals surface area contributed by atoms with Crippen LogP contribution < -0.4 is 10.2 Å². The van der Waals surface area contributed by atoms with Gasteiger partial charge in [0.1, 0.15) is 5.82 Å². The molecule has 1 amide bonds. The summed E-state index contributed by atoms with van der Waals surface area (Å²) in [7, 11) is -1.99. The summed E-state index contributed by atoms with van der Waals surface area (Å²) in [5.74, 6) is 0.394. The van der Waals surface area contributed by atoms with Crippen molar-refractivity contribution in [3.8, 4) is 0 Å². The number of piperidine rings is 1. The maximum absolute atomic E-state index is 16.2. The minimum Gasteiger partial charge on any atom is -0.453 e. The van der Waals surface area contributed by atoms with Gasteiger partial charge in [0.15, 0.2) is 15.5 Å². The molecule has 1 aliphatic carbocycles. The van der Waals surface area contributed by atoms with Crippen molar-refractivity contribution in [3.05, 3.63) is 59.9 Å². The van der Waals surface area contributed by atoms with Crippen LogP contribution in [0.2, 0.25) is 0 Å². The van der Waals surface area contributed by atoms with Crippen molar-refractivity contribution in [1.82, 2.24) is 15.1 Å². The maximum Gasteiger partial charge on any atom is 0.407 e. The van der Waals surface area contributed by atoms with E-state index in [9.17, 15) is 17.6 Å². The van der Waals surface area contributed by atoms with Crippen molar-refractivity contribution >= 4 is 21.6 Å². The molecule has 9 nitrogen and oxygen atoms in total. The van der Waals surface area contributed by atoms with Gasteiger partial charge in [0.05, 0.1) is 30.8 Å². The molecule has 0 radical (unpaired) electrons. The molecule has 5 aliphatic rings. The molecule has 4 aliphatic heterocycles. The molecule has 7 rings (SSSR count). The number of carbonyl (C=O) groups excluding carboxylic acids is 1. The summed E-state index contributed by atoms with van der Waals surface area (Å²) in [6, 6.07) is 14.0. The van der Waals surface area contributed by atoms with Crippen molar-refractivity contribution in [2.45, 2.75) is 73.4 Å². The number of amides is 1. The Labute approximate surface area is 301 Å². The zero-order valence-electron chi connectivity index (χ0n) is 29.9. The van der Waals surface area contributed by atoms with E-state index >= 15 is 4.39 Å². The number of nitrogens with one attached hydrogen (secondary N) is 1. The second-order valence-electron chi connectivity index (χ2n) is 15.8. The van der Waals surface area contributed by atoms with Crippen LogP contribution in [0.25, 0.3) is 0 Å². The molecule has 2 aromatic carbocycles. The number of nitrogens with zero attached hydrogens (tertiary/aromatic N) is 3. The van der Waals surface area contributed by atoms with Crippen LogP contribution in [0.15, 0.2) is 53.4 Å². The number of alkyl carbamates (subject to hydrolysis) is 1. The van der Waals surface area contributed by atoms with Gasteiger partial charge >= 0.3 is 6.09 Å².